The third kappa shape index (κ3) is 6.82. The number of thioether (sulfide) groups is 1. The Morgan fingerprint density at radius 2 is 1.97 bits per heavy atom. The zero-order chi connectivity index (χ0) is 28.1. The van der Waals surface area contributed by atoms with Crippen molar-refractivity contribution in [3.63, 3.8) is 0 Å². The zero-order valence-electron chi connectivity index (χ0n) is 21.4. The molecular weight excluding hydrogens is 536 g/mol. The number of aliphatic carboxylic acids is 1. The van der Waals surface area contributed by atoms with Gasteiger partial charge in [-0.25, -0.2) is 17.6 Å². The molecular formula is C28H30F4N2O4S. The summed E-state index contributed by atoms with van der Waals surface area (Å²) in [7, 11) is 1.57. The lowest BCUT2D eigenvalue weighted by atomic mass is 9.81. The fraction of sp³-hybridized carbons (Fsp3) is 0.429. The fourth-order valence-electron chi connectivity index (χ4n) is 5.13. The van der Waals surface area contributed by atoms with Gasteiger partial charge in [0.15, 0.2) is 17.5 Å². The van der Waals surface area contributed by atoms with Crippen LogP contribution < -0.4 is 4.74 Å². The molecule has 4 rings (SSSR count). The Hall–Kier alpha value is -2.89. The zero-order valence-corrected chi connectivity index (χ0v) is 22.2. The number of hydrogen-bond acceptors (Lipinski definition) is 6. The minimum atomic E-state index is -1.70. The Morgan fingerprint density at radius 3 is 2.72 bits per heavy atom. The van der Waals surface area contributed by atoms with Gasteiger partial charge >= 0.3 is 5.97 Å². The minimum absolute atomic E-state index is 0.115. The molecule has 0 bridgehead atoms. The Morgan fingerprint density at radius 1 is 1.18 bits per heavy atom. The number of carbonyl (C=O) groups is 1. The Balaban J connectivity index is 1.30. The third-order valence-electron chi connectivity index (χ3n) is 7.25. The first-order valence-electron chi connectivity index (χ1n) is 12.7. The van der Waals surface area contributed by atoms with Crippen LogP contribution in [0.25, 0.3) is 10.9 Å². The predicted molar refractivity (Wildman–Crippen MR) is 140 cm³/mol. The number of aromatic nitrogens is 1. The van der Waals surface area contributed by atoms with E-state index in [2.05, 4.69) is 4.98 Å². The van der Waals surface area contributed by atoms with Crippen molar-refractivity contribution in [1.29, 1.82) is 0 Å². The molecule has 3 atom stereocenters. The molecule has 0 spiro atoms. The van der Waals surface area contributed by atoms with E-state index in [1.54, 1.807) is 25.4 Å². The number of aliphatic hydroxyl groups excluding tert-OH is 1. The summed E-state index contributed by atoms with van der Waals surface area (Å²) in [5.41, 5.74) is 1.45. The number of piperidine rings is 1. The smallest absolute Gasteiger partial charge is 0.308 e. The molecule has 1 aromatic heterocycles. The van der Waals surface area contributed by atoms with Gasteiger partial charge in [-0.2, -0.15) is 0 Å². The number of carboxylic acids is 1. The molecule has 1 fully saturated rings. The maximum atomic E-state index is 13.9. The summed E-state index contributed by atoms with van der Waals surface area (Å²) < 4.78 is 59.5. The van der Waals surface area contributed by atoms with Crippen molar-refractivity contribution >= 4 is 28.6 Å². The average molecular weight is 567 g/mol. The molecule has 1 saturated heterocycles. The van der Waals surface area contributed by atoms with Gasteiger partial charge in [-0.15, -0.1) is 11.8 Å². The van der Waals surface area contributed by atoms with Crippen LogP contribution in [0.2, 0.25) is 0 Å². The summed E-state index contributed by atoms with van der Waals surface area (Å²) in [6.45, 7) is 1.48. The van der Waals surface area contributed by atoms with Gasteiger partial charge in [0.1, 0.15) is 11.6 Å². The van der Waals surface area contributed by atoms with Crippen molar-refractivity contribution in [2.45, 2.75) is 36.7 Å². The van der Waals surface area contributed by atoms with E-state index in [4.69, 9.17) is 4.74 Å². The second-order valence-corrected chi connectivity index (χ2v) is 10.8. The highest BCUT2D eigenvalue weighted by Gasteiger charge is 2.34. The summed E-state index contributed by atoms with van der Waals surface area (Å²) >= 11 is 0.765. The number of carboxylic acid groups (broad SMARTS) is 1. The molecule has 0 unspecified atom stereocenters. The normalized spacial score (nSPS) is 18.8. The summed E-state index contributed by atoms with van der Waals surface area (Å²) in [5, 5.41) is 21.6. The van der Waals surface area contributed by atoms with E-state index in [1.807, 2.05) is 17.0 Å². The van der Waals surface area contributed by atoms with E-state index < -0.39 is 46.2 Å². The number of hydrogen-bond donors (Lipinski definition) is 2. The lowest BCUT2D eigenvalue weighted by Crippen LogP contribution is -2.44. The van der Waals surface area contributed by atoms with E-state index in [9.17, 15) is 32.6 Å². The first kappa shape index (κ1) is 29.1. The molecule has 210 valence electrons. The van der Waals surface area contributed by atoms with Crippen molar-refractivity contribution in [2.24, 2.45) is 11.8 Å². The molecule has 2 heterocycles. The number of halogens is 4. The van der Waals surface area contributed by atoms with Crippen molar-refractivity contribution < 1.29 is 37.3 Å². The molecule has 0 aliphatic carbocycles. The SMILES string of the molecule is COc1ccc2nccc([C@H](O)CC[C@@H]3CCN(CCCSc4c(F)cc(F)c(F)c4F)C[C@@H]3C(=O)O)c2c1. The first-order chi connectivity index (χ1) is 18.7. The van der Waals surface area contributed by atoms with E-state index in [0.29, 0.717) is 57.1 Å². The molecule has 1 aliphatic rings. The summed E-state index contributed by atoms with van der Waals surface area (Å²) in [6.07, 6.45) is 2.89. The second kappa shape index (κ2) is 13.0. The highest BCUT2D eigenvalue weighted by Crippen LogP contribution is 2.34. The van der Waals surface area contributed by atoms with Gasteiger partial charge in [-0.3, -0.25) is 9.78 Å². The van der Waals surface area contributed by atoms with Crippen molar-refractivity contribution in [1.82, 2.24) is 9.88 Å². The van der Waals surface area contributed by atoms with Gasteiger partial charge in [-0.1, -0.05) is 0 Å². The third-order valence-corrected chi connectivity index (χ3v) is 8.40. The van der Waals surface area contributed by atoms with Crippen LogP contribution in [-0.4, -0.2) is 58.6 Å². The molecule has 3 aromatic rings. The van der Waals surface area contributed by atoms with Crippen LogP contribution in [0, 0.1) is 35.1 Å². The molecule has 6 nitrogen and oxygen atoms in total. The highest BCUT2D eigenvalue weighted by molar-refractivity contribution is 7.99. The highest BCUT2D eigenvalue weighted by atomic mass is 32.2. The van der Waals surface area contributed by atoms with Crippen LogP contribution in [0.5, 0.6) is 5.75 Å². The van der Waals surface area contributed by atoms with E-state index in [0.717, 1.165) is 28.2 Å². The molecule has 2 aromatic carbocycles. The van der Waals surface area contributed by atoms with Gasteiger partial charge in [-0.05, 0) is 80.3 Å². The first-order valence-corrected chi connectivity index (χ1v) is 13.7. The van der Waals surface area contributed by atoms with Crippen molar-refractivity contribution in [2.75, 3.05) is 32.5 Å². The monoisotopic (exact) mass is 566 g/mol. The minimum Gasteiger partial charge on any atom is -0.497 e. The number of nitrogens with zero attached hydrogens (tertiary/aromatic N) is 2. The van der Waals surface area contributed by atoms with Crippen LogP contribution in [0.3, 0.4) is 0 Å². The number of aliphatic hydroxyl groups is 1. The number of rotatable bonds is 11. The largest absolute Gasteiger partial charge is 0.497 e. The lowest BCUT2D eigenvalue weighted by Gasteiger charge is -2.37. The number of ether oxygens (including phenoxy) is 1. The molecule has 0 radical (unpaired) electrons. The van der Waals surface area contributed by atoms with Crippen molar-refractivity contribution in [3.05, 3.63) is 65.4 Å². The van der Waals surface area contributed by atoms with Crippen LogP contribution in [0.15, 0.2) is 41.4 Å². The quantitative estimate of drug-likeness (QED) is 0.0996. The average Bonchev–Trinajstić information content (AvgIpc) is 2.93. The lowest BCUT2D eigenvalue weighted by molar-refractivity contribution is -0.146. The number of pyridine rings is 1. The molecule has 11 heteroatoms. The van der Waals surface area contributed by atoms with E-state index in [-0.39, 0.29) is 11.7 Å². The van der Waals surface area contributed by atoms with Crippen LogP contribution in [-0.2, 0) is 4.79 Å². The number of fused-ring (bicyclic) bond motifs is 1. The summed E-state index contributed by atoms with van der Waals surface area (Å²) in [6, 6.07) is 7.54. The number of benzene rings is 2. The van der Waals surface area contributed by atoms with E-state index in [1.165, 1.54) is 0 Å². The second-order valence-electron chi connectivity index (χ2n) is 9.67. The van der Waals surface area contributed by atoms with Crippen LogP contribution in [0.4, 0.5) is 17.6 Å². The van der Waals surface area contributed by atoms with Crippen LogP contribution >= 0.6 is 11.8 Å². The number of likely N-dealkylation sites (tertiary alicyclic amines) is 1. The molecule has 0 saturated carbocycles. The van der Waals surface area contributed by atoms with Gasteiger partial charge in [0.2, 0.25) is 0 Å². The van der Waals surface area contributed by atoms with Gasteiger partial charge < -0.3 is 19.8 Å². The molecule has 39 heavy (non-hydrogen) atoms. The fourth-order valence-corrected chi connectivity index (χ4v) is 6.02. The van der Waals surface area contributed by atoms with Crippen molar-refractivity contribution in [3.8, 4) is 5.75 Å². The van der Waals surface area contributed by atoms with E-state index >= 15 is 0 Å². The van der Waals surface area contributed by atoms with Gasteiger partial charge in [0.05, 0.1) is 29.5 Å². The molecule has 0 amide bonds. The molecule has 2 N–H and O–H groups in total. The van der Waals surface area contributed by atoms with Gasteiger partial charge in [0, 0.05) is 24.2 Å². The van der Waals surface area contributed by atoms with Crippen LogP contribution in [0.1, 0.15) is 37.4 Å². The summed E-state index contributed by atoms with van der Waals surface area (Å²) in [4.78, 5) is 17.8. The number of methoxy groups -OCH3 is 1. The maximum absolute atomic E-state index is 13.9. The topological polar surface area (TPSA) is 82.9 Å². The summed E-state index contributed by atoms with van der Waals surface area (Å²) in [5.74, 6) is -6.68. The maximum Gasteiger partial charge on any atom is 0.308 e. The Labute approximate surface area is 228 Å². The molecule has 1 aliphatic heterocycles. The Bertz CT molecular complexity index is 1330. The van der Waals surface area contributed by atoms with Gasteiger partial charge in [0.25, 0.3) is 0 Å². The Kier molecular flexibility index (Phi) is 9.68. The predicted octanol–water partition coefficient (Wildman–Crippen LogP) is 5.82. The standard InChI is InChI=1S/C28H30F4N2O4S/c1-38-17-4-5-23-19(13-17)18(7-9-33-23)24(35)6-3-16-8-11-34(15-20(16)28(36)37)10-2-12-39-27-22(30)14-21(29)25(31)26(27)32/h4-5,7,9,13-14,16,20,24,35H,2-3,6,8,10-12,15H2,1H3,(H,36,37)/t16-,20+,24-/m1/s1.